The van der Waals surface area contributed by atoms with Crippen molar-refractivity contribution in [3.05, 3.63) is 189 Å². The number of aromatic amines is 1. The zero-order chi connectivity index (χ0) is 44.3. The molecule has 0 unspecified atom stereocenters. The predicted molar refractivity (Wildman–Crippen MR) is 249 cm³/mol. The summed E-state index contributed by atoms with van der Waals surface area (Å²) in [7, 11) is 0.975. The maximum absolute atomic E-state index is 13.4. The van der Waals surface area contributed by atoms with Crippen LogP contribution < -0.4 is 31.1 Å². The molecule has 6 aromatic rings. The van der Waals surface area contributed by atoms with Gasteiger partial charge in [0.15, 0.2) is 6.23 Å². The van der Waals surface area contributed by atoms with Crippen LogP contribution in [-0.4, -0.2) is 87.2 Å². The van der Waals surface area contributed by atoms with E-state index in [4.69, 9.17) is 32.7 Å². The van der Waals surface area contributed by atoms with Crippen LogP contribution in [0.4, 0.5) is 0 Å². The number of aromatic nitrogens is 2. The van der Waals surface area contributed by atoms with E-state index in [9.17, 15) is 9.59 Å². The standard InChI is InChI=1S/C50H54N3O9PSi/c1-56-38-26-22-36(23-27-38)50(35-15-8-5-9-16-35,37-24-28-39(57-2)29-25-37)59-33-43-46(47(58-3)48(60-43)52-32-30-45(54)51-49(52)55)62-63-53-31-14-21-42(53)44(61-63)34-64(4,40-17-10-6-11-18-40)41-19-12-7-13-20-41/h5-13,15-20,22-30,32,42-44,46-48H,14,21,31,33-34H2,1-4H3,(H,51,54,55)/t42-,43+,44+,46+,47+,48+,63+/m0/s1. The van der Waals surface area contributed by atoms with Crippen molar-refractivity contribution in [1.29, 1.82) is 0 Å². The van der Waals surface area contributed by atoms with Crippen LogP contribution in [0.15, 0.2) is 161 Å². The van der Waals surface area contributed by atoms with Crippen LogP contribution in [0.5, 0.6) is 11.5 Å². The second-order valence-electron chi connectivity index (χ2n) is 16.7. The van der Waals surface area contributed by atoms with Crippen LogP contribution >= 0.6 is 8.53 Å². The Kier molecular flexibility index (Phi) is 13.1. The first kappa shape index (κ1) is 44.0. The van der Waals surface area contributed by atoms with E-state index in [-0.39, 0.29) is 18.8 Å². The third-order valence-corrected chi connectivity index (χ3v) is 19.3. The smallest absolute Gasteiger partial charge is 0.330 e. The fourth-order valence-corrected chi connectivity index (χ4v) is 15.7. The van der Waals surface area contributed by atoms with E-state index in [1.807, 2.05) is 78.9 Å². The molecule has 0 aliphatic carbocycles. The van der Waals surface area contributed by atoms with Crippen molar-refractivity contribution in [3.8, 4) is 11.5 Å². The second kappa shape index (κ2) is 19.1. The molecule has 0 spiro atoms. The van der Waals surface area contributed by atoms with Crippen molar-refractivity contribution < 1.29 is 32.7 Å². The molecule has 9 rings (SSSR count). The Morgan fingerprint density at radius 3 is 1.83 bits per heavy atom. The molecule has 14 heteroatoms. The lowest BCUT2D eigenvalue weighted by molar-refractivity contribution is -0.0955. The number of rotatable bonds is 16. The third kappa shape index (κ3) is 8.43. The second-order valence-corrected chi connectivity index (χ2v) is 22.3. The first-order chi connectivity index (χ1) is 31.2. The van der Waals surface area contributed by atoms with E-state index in [1.54, 1.807) is 21.3 Å². The molecule has 3 saturated heterocycles. The van der Waals surface area contributed by atoms with Gasteiger partial charge in [0.2, 0.25) is 0 Å². The number of hydrogen-bond donors (Lipinski definition) is 1. The molecular weight excluding hydrogens is 846 g/mol. The van der Waals surface area contributed by atoms with Crippen LogP contribution in [0.1, 0.15) is 35.8 Å². The number of benzene rings is 5. The Morgan fingerprint density at radius 2 is 1.28 bits per heavy atom. The highest BCUT2D eigenvalue weighted by Crippen LogP contribution is 2.59. The molecule has 0 saturated carbocycles. The molecule has 0 bridgehead atoms. The number of nitrogens with zero attached hydrogens (tertiary/aromatic N) is 2. The summed E-state index contributed by atoms with van der Waals surface area (Å²) in [6.07, 6.45) is 0.115. The molecular formula is C50H54N3O9PSi. The normalized spacial score (nSPS) is 23.5. The molecule has 7 atom stereocenters. The molecule has 12 nitrogen and oxygen atoms in total. The largest absolute Gasteiger partial charge is 0.497 e. The molecule has 3 fully saturated rings. The number of fused-ring (bicyclic) bond motifs is 1. The van der Waals surface area contributed by atoms with Crippen LogP contribution in [0.2, 0.25) is 12.6 Å². The molecule has 0 amide bonds. The van der Waals surface area contributed by atoms with Crippen molar-refractivity contribution in [1.82, 2.24) is 14.2 Å². The first-order valence-electron chi connectivity index (χ1n) is 21.8. The highest BCUT2D eigenvalue weighted by molar-refractivity contribution is 7.45. The highest BCUT2D eigenvalue weighted by atomic mass is 31.2. The summed E-state index contributed by atoms with van der Waals surface area (Å²) in [4.78, 5) is 28.1. The zero-order valence-corrected chi connectivity index (χ0v) is 38.3. The molecule has 332 valence electrons. The van der Waals surface area contributed by atoms with Crippen molar-refractivity contribution in [2.45, 2.75) is 67.7 Å². The van der Waals surface area contributed by atoms with Gasteiger partial charge in [-0.05, 0) is 59.8 Å². The van der Waals surface area contributed by atoms with Gasteiger partial charge in [0.05, 0.1) is 26.9 Å². The quantitative estimate of drug-likeness (QED) is 0.0628. The van der Waals surface area contributed by atoms with Crippen LogP contribution in [0.3, 0.4) is 0 Å². The van der Waals surface area contributed by atoms with Gasteiger partial charge < -0.3 is 32.7 Å². The molecule has 5 aromatic carbocycles. The summed E-state index contributed by atoms with van der Waals surface area (Å²) in [6, 6.07) is 49.8. The van der Waals surface area contributed by atoms with Crippen LogP contribution in [0, 0.1) is 0 Å². The Bertz CT molecular complexity index is 2500. The van der Waals surface area contributed by atoms with Gasteiger partial charge in [-0.15, -0.1) is 0 Å². The molecule has 1 aromatic heterocycles. The van der Waals surface area contributed by atoms with Crippen LogP contribution in [-0.2, 0) is 28.9 Å². The average Bonchev–Trinajstić information content (AvgIpc) is 4.05. The summed E-state index contributed by atoms with van der Waals surface area (Å²) in [5.41, 5.74) is 0.298. The van der Waals surface area contributed by atoms with Crippen molar-refractivity contribution in [2.24, 2.45) is 0 Å². The fourth-order valence-electron chi connectivity index (χ4n) is 9.74. The summed E-state index contributed by atoms with van der Waals surface area (Å²) in [5, 5.41) is 2.72. The molecule has 4 heterocycles. The zero-order valence-electron chi connectivity index (χ0n) is 36.4. The third-order valence-electron chi connectivity index (χ3n) is 13.1. The van der Waals surface area contributed by atoms with Gasteiger partial charge >= 0.3 is 5.69 Å². The van der Waals surface area contributed by atoms with Gasteiger partial charge in [-0.25, -0.2) is 9.46 Å². The Labute approximate surface area is 375 Å². The first-order valence-corrected chi connectivity index (χ1v) is 25.6. The average molecular weight is 900 g/mol. The van der Waals surface area contributed by atoms with E-state index in [0.717, 1.165) is 42.1 Å². The minimum atomic E-state index is -2.29. The predicted octanol–water partition coefficient (Wildman–Crippen LogP) is 6.84. The minimum Gasteiger partial charge on any atom is -0.497 e. The lowest BCUT2D eigenvalue weighted by atomic mass is 9.80. The highest BCUT2D eigenvalue weighted by Gasteiger charge is 2.55. The van der Waals surface area contributed by atoms with Gasteiger partial charge in [-0.2, -0.15) is 0 Å². The molecule has 0 radical (unpaired) electrons. The van der Waals surface area contributed by atoms with Gasteiger partial charge in [0.1, 0.15) is 43.5 Å². The van der Waals surface area contributed by atoms with Gasteiger partial charge in [0.25, 0.3) is 14.1 Å². The monoisotopic (exact) mass is 899 g/mol. The van der Waals surface area contributed by atoms with Gasteiger partial charge in [-0.3, -0.25) is 14.3 Å². The van der Waals surface area contributed by atoms with Crippen molar-refractivity contribution in [2.75, 3.05) is 34.5 Å². The van der Waals surface area contributed by atoms with Gasteiger partial charge in [-0.1, -0.05) is 132 Å². The lowest BCUT2D eigenvalue weighted by Crippen LogP contribution is -2.58. The van der Waals surface area contributed by atoms with E-state index in [0.29, 0.717) is 11.5 Å². The number of H-pyrrole nitrogens is 1. The fraction of sp³-hybridized carbons (Fsp3) is 0.320. The number of ether oxygens (including phenoxy) is 5. The summed E-state index contributed by atoms with van der Waals surface area (Å²) >= 11 is 0. The van der Waals surface area contributed by atoms with E-state index in [2.05, 4.69) is 76.9 Å². The maximum atomic E-state index is 13.4. The summed E-state index contributed by atoms with van der Waals surface area (Å²) < 4.78 is 49.8. The number of hydrogen-bond acceptors (Lipinski definition) is 10. The van der Waals surface area contributed by atoms with Crippen LogP contribution in [0.25, 0.3) is 0 Å². The summed E-state index contributed by atoms with van der Waals surface area (Å²) in [5.74, 6) is 1.41. The molecule has 1 N–H and O–H groups in total. The lowest BCUT2D eigenvalue weighted by Gasteiger charge is -2.37. The molecule has 3 aliphatic rings. The van der Waals surface area contributed by atoms with E-state index < -0.39 is 58.0 Å². The SMILES string of the molecule is COc1ccc(C(OC[C@H]2O[C@@H](n3ccc(=O)[nH]c3=O)[C@H](OC)[C@@H]2O[P@@]2O[C@H](C[Si](C)(c3ccccc3)c3ccccc3)[C@@H]3CCCN32)(c2ccccc2)c2ccc(OC)cc2)cc1. The number of nitrogens with one attached hydrogen (secondary N) is 1. The number of methoxy groups -OCH3 is 3. The van der Waals surface area contributed by atoms with Gasteiger partial charge in [0, 0.05) is 32.0 Å². The van der Waals surface area contributed by atoms with Crippen molar-refractivity contribution in [3.63, 3.8) is 0 Å². The molecule has 3 aliphatic heterocycles. The Hall–Kier alpha value is -5.21. The van der Waals surface area contributed by atoms with E-state index >= 15 is 0 Å². The van der Waals surface area contributed by atoms with Crippen molar-refractivity contribution >= 4 is 27.0 Å². The maximum Gasteiger partial charge on any atom is 0.330 e. The minimum absolute atomic E-state index is 0.00904. The Morgan fingerprint density at radius 1 is 0.719 bits per heavy atom. The molecule has 64 heavy (non-hydrogen) atoms. The topological polar surface area (TPSA) is 123 Å². The Balaban J connectivity index is 1.09. The van der Waals surface area contributed by atoms with E-state index in [1.165, 1.54) is 27.2 Å². The summed E-state index contributed by atoms with van der Waals surface area (Å²) in [6.45, 7) is 3.29.